The molecule has 2 aromatic carbocycles. The topological polar surface area (TPSA) is 67.8 Å². The number of H-pyrrole nitrogens is 1. The van der Waals surface area contributed by atoms with Crippen LogP contribution in [0.1, 0.15) is 5.56 Å². The average Bonchev–Trinajstić information content (AvgIpc) is 2.81. The van der Waals surface area contributed by atoms with Crippen LogP contribution in [0.2, 0.25) is 0 Å². The van der Waals surface area contributed by atoms with Crippen molar-refractivity contribution >= 4 is 11.4 Å². The van der Waals surface area contributed by atoms with Gasteiger partial charge in [0.25, 0.3) is 0 Å². The fourth-order valence-corrected chi connectivity index (χ4v) is 2.41. The van der Waals surface area contributed by atoms with E-state index < -0.39 is 0 Å². The zero-order valence-electron chi connectivity index (χ0n) is 11.4. The third-order valence-electron chi connectivity index (χ3n) is 3.39. The van der Waals surface area contributed by atoms with Crippen molar-refractivity contribution < 1.29 is 0 Å². The van der Waals surface area contributed by atoms with Crippen LogP contribution in [0.5, 0.6) is 0 Å². The molecule has 0 spiro atoms. The Labute approximate surface area is 118 Å². The van der Waals surface area contributed by atoms with E-state index in [1.165, 1.54) is 5.56 Å². The summed E-state index contributed by atoms with van der Waals surface area (Å²) in [4.78, 5) is 3.46. The van der Waals surface area contributed by atoms with Gasteiger partial charge < -0.3 is 16.5 Å². The Bertz CT molecular complexity index is 756. The van der Waals surface area contributed by atoms with Crippen molar-refractivity contribution in [3.05, 3.63) is 60.2 Å². The smallest absolute Gasteiger partial charge is 0.0489 e. The zero-order chi connectivity index (χ0) is 14.1. The minimum atomic E-state index is 0.764. The van der Waals surface area contributed by atoms with Gasteiger partial charge in [0, 0.05) is 28.3 Å². The number of nitrogen functional groups attached to an aromatic ring is 2. The number of nitrogens with one attached hydrogen (secondary N) is 1. The molecule has 100 valence electrons. The summed E-state index contributed by atoms with van der Waals surface area (Å²) in [6.07, 6.45) is 0. The molecule has 3 rings (SSSR count). The maximum atomic E-state index is 5.85. The van der Waals surface area contributed by atoms with E-state index in [0.717, 1.165) is 33.9 Å². The molecule has 0 aliphatic carbocycles. The maximum absolute atomic E-state index is 5.85. The van der Waals surface area contributed by atoms with Gasteiger partial charge in [-0.1, -0.05) is 24.3 Å². The molecular weight excluding hydrogens is 246 g/mol. The van der Waals surface area contributed by atoms with Crippen LogP contribution in [0.4, 0.5) is 11.4 Å². The number of aromatic nitrogens is 1. The molecule has 1 aromatic heterocycles. The molecule has 0 unspecified atom stereocenters. The van der Waals surface area contributed by atoms with Gasteiger partial charge in [-0.3, -0.25) is 0 Å². The van der Waals surface area contributed by atoms with E-state index in [2.05, 4.69) is 24.0 Å². The first-order chi connectivity index (χ1) is 9.63. The van der Waals surface area contributed by atoms with Crippen LogP contribution in [0.15, 0.2) is 54.6 Å². The summed E-state index contributed by atoms with van der Waals surface area (Å²) in [6, 6.07) is 17.9. The van der Waals surface area contributed by atoms with Crippen LogP contribution < -0.4 is 11.5 Å². The summed E-state index contributed by atoms with van der Waals surface area (Å²) in [6.45, 7) is 2.09. The number of aryl methyl sites for hydroxylation is 1. The molecule has 3 aromatic rings. The Kier molecular flexibility index (Phi) is 2.95. The van der Waals surface area contributed by atoms with E-state index in [4.69, 9.17) is 11.5 Å². The normalized spacial score (nSPS) is 10.7. The van der Waals surface area contributed by atoms with Crippen molar-refractivity contribution in [2.75, 3.05) is 11.5 Å². The van der Waals surface area contributed by atoms with E-state index in [-0.39, 0.29) is 0 Å². The molecule has 3 nitrogen and oxygen atoms in total. The Morgan fingerprint density at radius 1 is 0.800 bits per heavy atom. The molecule has 20 heavy (non-hydrogen) atoms. The minimum Gasteiger partial charge on any atom is -0.399 e. The standard InChI is InChI=1S/C17H17N3/c1-11-8-16(12-4-2-6-14(18)9-12)20-17(11)13-5-3-7-15(19)10-13/h2-10,20H,18-19H2,1H3. The van der Waals surface area contributed by atoms with Gasteiger partial charge in [-0.2, -0.15) is 0 Å². The maximum Gasteiger partial charge on any atom is 0.0489 e. The number of nitrogens with two attached hydrogens (primary N) is 2. The SMILES string of the molecule is Cc1cc(-c2cccc(N)c2)[nH]c1-c1cccc(N)c1. The largest absolute Gasteiger partial charge is 0.399 e. The number of hydrogen-bond acceptors (Lipinski definition) is 2. The lowest BCUT2D eigenvalue weighted by atomic mass is 10.1. The van der Waals surface area contributed by atoms with Gasteiger partial charge in [-0.25, -0.2) is 0 Å². The van der Waals surface area contributed by atoms with E-state index in [1.54, 1.807) is 0 Å². The Morgan fingerprint density at radius 2 is 1.40 bits per heavy atom. The Morgan fingerprint density at radius 3 is 2.05 bits per heavy atom. The lowest BCUT2D eigenvalue weighted by molar-refractivity contribution is 1.37. The molecule has 5 N–H and O–H groups in total. The highest BCUT2D eigenvalue weighted by atomic mass is 14.7. The molecule has 0 saturated heterocycles. The molecule has 0 aliphatic heterocycles. The first-order valence-electron chi connectivity index (χ1n) is 6.55. The van der Waals surface area contributed by atoms with Gasteiger partial charge in [0.1, 0.15) is 0 Å². The molecule has 3 heteroatoms. The van der Waals surface area contributed by atoms with Crippen molar-refractivity contribution in [2.24, 2.45) is 0 Å². The molecular formula is C17H17N3. The second kappa shape index (κ2) is 4.78. The predicted molar refractivity (Wildman–Crippen MR) is 85.2 cm³/mol. The molecule has 0 saturated carbocycles. The number of hydrogen-bond donors (Lipinski definition) is 3. The van der Waals surface area contributed by atoms with E-state index in [0.29, 0.717) is 0 Å². The molecule has 0 amide bonds. The van der Waals surface area contributed by atoms with Crippen molar-refractivity contribution in [3.8, 4) is 22.5 Å². The highest BCUT2D eigenvalue weighted by Gasteiger charge is 2.08. The van der Waals surface area contributed by atoms with E-state index in [1.807, 2.05) is 42.5 Å². The third kappa shape index (κ3) is 2.26. The molecule has 0 bridgehead atoms. The fourth-order valence-electron chi connectivity index (χ4n) is 2.41. The Balaban J connectivity index is 2.08. The van der Waals surface area contributed by atoms with Gasteiger partial charge in [-0.15, -0.1) is 0 Å². The highest BCUT2D eigenvalue weighted by molar-refractivity contribution is 5.74. The van der Waals surface area contributed by atoms with Gasteiger partial charge in [0.2, 0.25) is 0 Å². The number of benzene rings is 2. The monoisotopic (exact) mass is 263 g/mol. The second-order valence-corrected chi connectivity index (χ2v) is 4.99. The van der Waals surface area contributed by atoms with Crippen LogP contribution in [-0.4, -0.2) is 4.98 Å². The van der Waals surface area contributed by atoms with Crippen LogP contribution >= 0.6 is 0 Å². The van der Waals surface area contributed by atoms with Crippen molar-refractivity contribution in [2.45, 2.75) is 6.92 Å². The van der Waals surface area contributed by atoms with Gasteiger partial charge >= 0.3 is 0 Å². The number of anilines is 2. The van der Waals surface area contributed by atoms with Gasteiger partial charge in [0.05, 0.1) is 0 Å². The first kappa shape index (κ1) is 12.4. The summed E-state index contributed by atoms with van der Waals surface area (Å²) in [7, 11) is 0. The minimum absolute atomic E-state index is 0.764. The summed E-state index contributed by atoms with van der Waals surface area (Å²) < 4.78 is 0. The van der Waals surface area contributed by atoms with E-state index >= 15 is 0 Å². The number of rotatable bonds is 2. The quantitative estimate of drug-likeness (QED) is 0.615. The molecule has 0 aliphatic rings. The average molecular weight is 263 g/mol. The lowest BCUT2D eigenvalue weighted by Crippen LogP contribution is -1.87. The van der Waals surface area contributed by atoms with Gasteiger partial charge in [-0.05, 0) is 48.4 Å². The summed E-state index contributed by atoms with van der Waals surface area (Å²) >= 11 is 0. The predicted octanol–water partition coefficient (Wildman–Crippen LogP) is 3.82. The number of aromatic amines is 1. The molecule has 0 radical (unpaired) electrons. The second-order valence-electron chi connectivity index (χ2n) is 4.99. The fraction of sp³-hybridized carbons (Fsp3) is 0.0588. The van der Waals surface area contributed by atoms with Crippen molar-refractivity contribution in [1.29, 1.82) is 0 Å². The van der Waals surface area contributed by atoms with E-state index in [9.17, 15) is 0 Å². The Hall–Kier alpha value is -2.68. The first-order valence-corrected chi connectivity index (χ1v) is 6.55. The zero-order valence-corrected chi connectivity index (χ0v) is 11.4. The van der Waals surface area contributed by atoms with Crippen LogP contribution in [-0.2, 0) is 0 Å². The summed E-state index contributed by atoms with van der Waals surface area (Å²) in [5.74, 6) is 0. The molecule has 1 heterocycles. The summed E-state index contributed by atoms with van der Waals surface area (Å²) in [5.41, 5.74) is 18.7. The van der Waals surface area contributed by atoms with Crippen LogP contribution in [0.3, 0.4) is 0 Å². The van der Waals surface area contributed by atoms with Gasteiger partial charge in [0.15, 0.2) is 0 Å². The van der Waals surface area contributed by atoms with Crippen molar-refractivity contribution in [3.63, 3.8) is 0 Å². The molecule has 0 atom stereocenters. The summed E-state index contributed by atoms with van der Waals surface area (Å²) in [5, 5.41) is 0. The lowest BCUT2D eigenvalue weighted by Gasteiger charge is -2.02. The van der Waals surface area contributed by atoms with Crippen LogP contribution in [0.25, 0.3) is 22.5 Å². The third-order valence-corrected chi connectivity index (χ3v) is 3.39. The highest BCUT2D eigenvalue weighted by Crippen LogP contribution is 2.29. The van der Waals surface area contributed by atoms with Crippen LogP contribution in [0, 0.1) is 6.92 Å². The van der Waals surface area contributed by atoms with Crippen molar-refractivity contribution in [1.82, 2.24) is 4.98 Å². The molecule has 0 fully saturated rings.